The lowest BCUT2D eigenvalue weighted by molar-refractivity contribution is 0.775. The van der Waals surface area contributed by atoms with Crippen LogP contribution in [0.5, 0.6) is 0 Å². The first-order valence-electron chi connectivity index (χ1n) is 8.25. The van der Waals surface area contributed by atoms with Crippen molar-refractivity contribution in [2.75, 3.05) is 5.73 Å². The fourth-order valence-electron chi connectivity index (χ4n) is 3.84. The average Bonchev–Trinajstić information content (AvgIpc) is 3.22. The Labute approximate surface area is 143 Å². The van der Waals surface area contributed by atoms with Crippen molar-refractivity contribution >= 4 is 11.3 Å². The first kappa shape index (κ1) is 14.0. The molecule has 5 rings (SSSR count). The van der Waals surface area contributed by atoms with Crippen LogP contribution < -0.4 is 11.3 Å². The summed E-state index contributed by atoms with van der Waals surface area (Å²) in [5.41, 5.74) is 12.4. The lowest BCUT2D eigenvalue weighted by atomic mass is 9.92. The highest BCUT2D eigenvalue weighted by Gasteiger charge is 2.32. The summed E-state index contributed by atoms with van der Waals surface area (Å²) in [5, 5.41) is 0. The maximum absolute atomic E-state index is 12.4. The summed E-state index contributed by atoms with van der Waals surface area (Å²) in [6, 6.07) is 16.2. The number of rotatable bonds is 2. The van der Waals surface area contributed by atoms with Gasteiger partial charge in [0, 0.05) is 29.6 Å². The van der Waals surface area contributed by atoms with Crippen LogP contribution in [0.4, 0.5) is 5.69 Å². The van der Waals surface area contributed by atoms with E-state index in [2.05, 4.69) is 34.2 Å². The second-order valence-electron chi connectivity index (χ2n) is 6.42. The second-order valence-corrected chi connectivity index (χ2v) is 6.42. The van der Waals surface area contributed by atoms with E-state index in [1.807, 2.05) is 34.9 Å². The first-order chi connectivity index (χ1) is 12.2. The Morgan fingerprint density at radius 3 is 2.76 bits per heavy atom. The Morgan fingerprint density at radius 1 is 1.12 bits per heavy atom. The molecule has 0 spiro atoms. The van der Waals surface area contributed by atoms with Gasteiger partial charge in [-0.2, -0.15) is 0 Å². The molecule has 122 valence electrons. The number of aromatic nitrogens is 3. The van der Waals surface area contributed by atoms with Crippen molar-refractivity contribution in [3.63, 3.8) is 0 Å². The molecule has 1 aliphatic carbocycles. The highest BCUT2D eigenvalue weighted by atomic mass is 16.1. The third kappa shape index (κ3) is 2.02. The number of nitrogens with zero attached hydrogens (tertiary/aromatic N) is 2. The number of fused-ring (bicyclic) bond motifs is 5. The maximum Gasteiger partial charge on any atom is 0.292 e. The van der Waals surface area contributed by atoms with Gasteiger partial charge in [0.05, 0.1) is 11.4 Å². The third-order valence-corrected chi connectivity index (χ3v) is 4.95. The normalized spacial score (nSPS) is 15.3. The van der Waals surface area contributed by atoms with Crippen molar-refractivity contribution < 1.29 is 0 Å². The summed E-state index contributed by atoms with van der Waals surface area (Å²) < 4.78 is 1.93. The van der Waals surface area contributed by atoms with E-state index in [-0.39, 0.29) is 11.5 Å². The lowest BCUT2D eigenvalue weighted by Gasteiger charge is -2.15. The number of nitrogens with one attached hydrogen (secondary N) is 1. The number of anilines is 1. The van der Waals surface area contributed by atoms with E-state index in [9.17, 15) is 4.79 Å². The molecule has 1 atom stereocenters. The van der Waals surface area contributed by atoms with Crippen LogP contribution in [-0.2, 0) is 6.42 Å². The molecule has 0 saturated carbocycles. The summed E-state index contributed by atoms with van der Waals surface area (Å²) >= 11 is 0. The van der Waals surface area contributed by atoms with Crippen LogP contribution in [0.15, 0.2) is 65.7 Å². The molecule has 2 aromatic heterocycles. The van der Waals surface area contributed by atoms with E-state index in [0.717, 1.165) is 29.1 Å². The van der Waals surface area contributed by atoms with Gasteiger partial charge in [0.2, 0.25) is 5.65 Å². The van der Waals surface area contributed by atoms with Crippen molar-refractivity contribution in [1.29, 1.82) is 0 Å². The predicted molar refractivity (Wildman–Crippen MR) is 97.7 cm³/mol. The molecule has 5 heteroatoms. The molecule has 3 N–H and O–H groups in total. The Hall–Kier alpha value is -3.34. The van der Waals surface area contributed by atoms with Crippen LogP contribution in [0.3, 0.4) is 0 Å². The molecular formula is C20H16N4O. The molecule has 1 aliphatic rings. The minimum absolute atomic E-state index is 0.156. The summed E-state index contributed by atoms with van der Waals surface area (Å²) in [4.78, 5) is 19.6. The third-order valence-electron chi connectivity index (χ3n) is 4.95. The minimum Gasteiger partial charge on any atom is -0.399 e. The molecule has 1 unspecified atom stereocenters. The van der Waals surface area contributed by atoms with Crippen LogP contribution >= 0.6 is 0 Å². The quantitative estimate of drug-likeness (QED) is 0.555. The monoisotopic (exact) mass is 328 g/mol. The van der Waals surface area contributed by atoms with Crippen molar-refractivity contribution in [3.05, 3.63) is 88.1 Å². The second kappa shape index (κ2) is 5.08. The van der Waals surface area contributed by atoms with Crippen LogP contribution in [0.1, 0.15) is 22.7 Å². The Morgan fingerprint density at radius 2 is 1.92 bits per heavy atom. The molecule has 0 saturated heterocycles. The number of benzene rings is 2. The summed E-state index contributed by atoms with van der Waals surface area (Å²) in [6.45, 7) is 0. The zero-order chi connectivity index (χ0) is 17.0. The van der Waals surface area contributed by atoms with E-state index in [1.54, 1.807) is 6.20 Å². The SMILES string of the molecule is Nc1ccc(CC2c3ccccc3-c3[nH]c(=O)c4nccn4c32)cc1. The lowest BCUT2D eigenvalue weighted by Crippen LogP contribution is -2.15. The number of aromatic amines is 1. The van der Waals surface area contributed by atoms with Crippen molar-refractivity contribution in [3.8, 4) is 11.3 Å². The largest absolute Gasteiger partial charge is 0.399 e. The molecule has 2 aromatic carbocycles. The molecule has 4 aromatic rings. The van der Waals surface area contributed by atoms with Gasteiger partial charge in [0.25, 0.3) is 5.56 Å². The zero-order valence-electron chi connectivity index (χ0n) is 13.4. The van der Waals surface area contributed by atoms with Gasteiger partial charge in [-0.15, -0.1) is 0 Å². The van der Waals surface area contributed by atoms with Crippen LogP contribution in [0.2, 0.25) is 0 Å². The van der Waals surface area contributed by atoms with E-state index in [1.165, 1.54) is 11.1 Å². The van der Waals surface area contributed by atoms with Crippen molar-refractivity contribution in [2.45, 2.75) is 12.3 Å². The van der Waals surface area contributed by atoms with Gasteiger partial charge >= 0.3 is 0 Å². The first-order valence-corrected chi connectivity index (χ1v) is 8.25. The van der Waals surface area contributed by atoms with Gasteiger partial charge in [-0.25, -0.2) is 4.98 Å². The van der Waals surface area contributed by atoms with Gasteiger partial charge in [0.1, 0.15) is 0 Å². The summed E-state index contributed by atoms with van der Waals surface area (Å²) in [5.74, 6) is 0.156. The van der Waals surface area contributed by atoms with Crippen LogP contribution in [0.25, 0.3) is 16.9 Å². The van der Waals surface area contributed by atoms with E-state index in [0.29, 0.717) is 5.65 Å². The molecule has 2 heterocycles. The Bertz CT molecular complexity index is 1150. The van der Waals surface area contributed by atoms with Gasteiger partial charge in [-0.1, -0.05) is 36.4 Å². The van der Waals surface area contributed by atoms with Gasteiger partial charge in [0.15, 0.2) is 0 Å². The number of hydrogen-bond donors (Lipinski definition) is 2. The zero-order valence-corrected chi connectivity index (χ0v) is 13.4. The van der Waals surface area contributed by atoms with Gasteiger partial charge in [-0.3, -0.25) is 9.20 Å². The van der Waals surface area contributed by atoms with E-state index >= 15 is 0 Å². The van der Waals surface area contributed by atoms with E-state index < -0.39 is 0 Å². The van der Waals surface area contributed by atoms with Crippen LogP contribution in [-0.4, -0.2) is 14.4 Å². The number of hydrogen-bond acceptors (Lipinski definition) is 3. The molecule has 0 amide bonds. The number of imidazole rings is 1. The maximum atomic E-state index is 12.4. The summed E-state index contributed by atoms with van der Waals surface area (Å²) in [6.07, 6.45) is 4.38. The fourth-order valence-corrected chi connectivity index (χ4v) is 3.84. The van der Waals surface area contributed by atoms with E-state index in [4.69, 9.17) is 5.73 Å². The van der Waals surface area contributed by atoms with Crippen LogP contribution in [0, 0.1) is 0 Å². The standard InChI is InChI=1S/C20H16N4O/c21-13-7-5-12(6-8-13)11-16-14-3-1-2-4-15(14)17-18(16)24-10-9-22-19(24)20(25)23-17/h1-10,16H,11,21H2,(H,23,25). The fraction of sp³-hybridized carbons (Fsp3) is 0.100. The number of nitrogens with two attached hydrogens (primary N) is 1. The predicted octanol–water partition coefficient (Wildman–Crippen LogP) is 2.96. The number of nitrogen functional groups attached to an aromatic ring is 1. The summed E-state index contributed by atoms with van der Waals surface area (Å²) in [7, 11) is 0. The minimum atomic E-state index is -0.160. The smallest absolute Gasteiger partial charge is 0.292 e. The Kier molecular flexibility index (Phi) is 2.85. The highest BCUT2D eigenvalue weighted by molar-refractivity contribution is 5.75. The Balaban J connectivity index is 1.75. The topological polar surface area (TPSA) is 76.2 Å². The number of H-pyrrole nitrogens is 1. The van der Waals surface area contributed by atoms with Gasteiger partial charge < -0.3 is 10.7 Å². The molecular weight excluding hydrogens is 312 g/mol. The average molecular weight is 328 g/mol. The molecule has 0 aliphatic heterocycles. The molecule has 25 heavy (non-hydrogen) atoms. The molecule has 0 radical (unpaired) electrons. The molecule has 0 bridgehead atoms. The van der Waals surface area contributed by atoms with Gasteiger partial charge in [-0.05, 0) is 29.7 Å². The van der Waals surface area contributed by atoms with Crippen molar-refractivity contribution in [1.82, 2.24) is 14.4 Å². The van der Waals surface area contributed by atoms with Crippen molar-refractivity contribution in [2.24, 2.45) is 0 Å². The molecule has 0 fully saturated rings. The molecule has 5 nitrogen and oxygen atoms in total. The highest BCUT2D eigenvalue weighted by Crippen LogP contribution is 2.44.